The number of nitriles is 1. The number of nitrogens with two attached hydrogens (primary N) is 1. The van der Waals surface area contributed by atoms with Crippen LogP contribution in [0.2, 0.25) is 0 Å². The number of aliphatic imine (C=N–C) groups is 1. The molecule has 1 aromatic carbocycles. The lowest BCUT2D eigenvalue weighted by Gasteiger charge is -2.25. The van der Waals surface area contributed by atoms with Gasteiger partial charge in [-0.1, -0.05) is 6.07 Å². The van der Waals surface area contributed by atoms with E-state index in [1.165, 1.54) is 56.2 Å². The van der Waals surface area contributed by atoms with Crippen LogP contribution in [0.15, 0.2) is 23.2 Å². The number of ether oxygens (including phenoxy) is 1. The summed E-state index contributed by atoms with van der Waals surface area (Å²) in [6.07, 6.45) is 8.90. The third-order valence-electron chi connectivity index (χ3n) is 4.73. The lowest BCUT2D eigenvalue weighted by atomic mass is 10.0. The van der Waals surface area contributed by atoms with Crippen molar-refractivity contribution in [1.29, 1.82) is 5.26 Å². The van der Waals surface area contributed by atoms with Gasteiger partial charge in [-0.2, -0.15) is 4.99 Å². The lowest BCUT2D eigenvalue weighted by Crippen LogP contribution is -2.32. The number of nitrogens with zero attached hydrogens (tertiary/aromatic N) is 3. The molecule has 0 saturated carbocycles. The highest BCUT2D eigenvalue weighted by molar-refractivity contribution is 5.76. The molecule has 0 spiro atoms. The van der Waals surface area contributed by atoms with Crippen LogP contribution in [0.1, 0.15) is 36.8 Å². The first-order chi connectivity index (χ1) is 10.8. The standard InChI is InChI=1S/C17H22N4O/c18-12-22-17(19)20-15-6-3-13-4-7-16(8-5-14(13)11-15)21-9-1-2-10-21/h3,6,11,16H,1-2,4-5,7-10H2,(H2,19,20). The third-order valence-corrected chi connectivity index (χ3v) is 4.73. The molecule has 116 valence electrons. The SMILES string of the molecule is N#COC(N)=Nc1ccc2c(c1)CCC(N1CCCC1)CC2. The first kappa shape index (κ1) is 14.9. The number of aryl methyl sites for hydroxylation is 2. The summed E-state index contributed by atoms with van der Waals surface area (Å²) in [4.78, 5) is 6.78. The number of fused-ring (bicyclic) bond motifs is 1. The molecule has 0 amide bonds. The van der Waals surface area contributed by atoms with Crippen LogP contribution in [0.25, 0.3) is 0 Å². The molecule has 1 fully saturated rings. The number of benzene rings is 1. The molecule has 2 N–H and O–H groups in total. The second-order valence-corrected chi connectivity index (χ2v) is 6.07. The molecule has 1 aliphatic heterocycles. The Hall–Kier alpha value is -2.06. The van der Waals surface area contributed by atoms with Crippen molar-refractivity contribution in [2.24, 2.45) is 10.7 Å². The fourth-order valence-corrected chi connectivity index (χ4v) is 3.62. The number of hydrogen-bond donors (Lipinski definition) is 1. The van der Waals surface area contributed by atoms with E-state index in [1.54, 1.807) is 0 Å². The molecule has 5 heteroatoms. The van der Waals surface area contributed by atoms with Crippen molar-refractivity contribution in [1.82, 2.24) is 4.90 Å². The molecule has 1 saturated heterocycles. The Balaban J connectivity index is 1.72. The summed E-state index contributed by atoms with van der Waals surface area (Å²) in [5, 5.41) is 8.44. The lowest BCUT2D eigenvalue weighted by molar-refractivity contribution is 0.222. The zero-order chi connectivity index (χ0) is 15.4. The summed E-state index contributed by atoms with van der Waals surface area (Å²) in [6, 6.07) is 6.78. The molecule has 5 nitrogen and oxygen atoms in total. The molecule has 1 atom stereocenters. The van der Waals surface area contributed by atoms with E-state index in [9.17, 15) is 0 Å². The van der Waals surface area contributed by atoms with Crippen LogP contribution in [0.4, 0.5) is 5.69 Å². The topological polar surface area (TPSA) is 74.6 Å². The first-order valence-corrected chi connectivity index (χ1v) is 8.02. The average Bonchev–Trinajstić information content (AvgIpc) is 2.95. The number of hydrogen-bond acceptors (Lipinski definition) is 4. The molecule has 1 aliphatic carbocycles. The minimum absolute atomic E-state index is 0.106. The van der Waals surface area contributed by atoms with Gasteiger partial charge < -0.3 is 15.4 Å². The van der Waals surface area contributed by atoms with E-state index in [2.05, 4.69) is 26.8 Å². The van der Waals surface area contributed by atoms with Crippen molar-refractivity contribution >= 4 is 11.7 Å². The van der Waals surface area contributed by atoms with E-state index < -0.39 is 0 Å². The third kappa shape index (κ3) is 3.40. The number of rotatable bonds is 2. The van der Waals surface area contributed by atoms with Crippen LogP contribution in [-0.4, -0.2) is 30.1 Å². The van der Waals surface area contributed by atoms with Crippen LogP contribution in [0, 0.1) is 11.5 Å². The summed E-state index contributed by atoms with van der Waals surface area (Å²) in [5.74, 6) is 0. The van der Waals surface area contributed by atoms with E-state index in [-0.39, 0.29) is 6.02 Å². The molecule has 3 rings (SSSR count). The van der Waals surface area contributed by atoms with Crippen molar-refractivity contribution in [2.75, 3.05) is 13.1 Å². The van der Waals surface area contributed by atoms with Gasteiger partial charge in [-0.05, 0) is 74.9 Å². The molecule has 0 radical (unpaired) electrons. The van der Waals surface area contributed by atoms with Crippen molar-refractivity contribution in [3.63, 3.8) is 0 Å². The Morgan fingerprint density at radius 2 is 1.95 bits per heavy atom. The van der Waals surface area contributed by atoms with Crippen molar-refractivity contribution in [2.45, 2.75) is 44.6 Å². The molecule has 1 aromatic rings. The van der Waals surface area contributed by atoms with Gasteiger partial charge >= 0.3 is 6.02 Å². The summed E-state index contributed by atoms with van der Waals surface area (Å²) >= 11 is 0. The summed E-state index contributed by atoms with van der Waals surface area (Å²) in [5.41, 5.74) is 9.05. The van der Waals surface area contributed by atoms with Crippen molar-refractivity contribution in [3.8, 4) is 6.26 Å². The molecule has 22 heavy (non-hydrogen) atoms. The maximum atomic E-state index is 8.44. The largest absolute Gasteiger partial charge is 0.352 e. The highest BCUT2D eigenvalue weighted by Gasteiger charge is 2.24. The van der Waals surface area contributed by atoms with E-state index in [1.807, 2.05) is 6.07 Å². The van der Waals surface area contributed by atoms with E-state index in [0.29, 0.717) is 6.04 Å². The quantitative estimate of drug-likeness (QED) is 0.394. The van der Waals surface area contributed by atoms with Gasteiger partial charge in [0.05, 0.1) is 5.69 Å². The highest BCUT2D eigenvalue weighted by Crippen LogP contribution is 2.28. The van der Waals surface area contributed by atoms with Gasteiger partial charge in [0.1, 0.15) is 0 Å². The van der Waals surface area contributed by atoms with Gasteiger partial charge in [0.25, 0.3) is 6.26 Å². The molecular weight excluding hydrogens is 276 g/mol. The van der Waals surface area contributed by atoms with Crippen LogP contribution in [0.3, 0.4) is 0 Å². The molecular formula is C17H22N4O. The minimum Gasteiger partial charge on any atom is -0.352 e. The van der Waals surface area contributed by atoms with Crippen LogP contribution < -0.4 is 5.73 Å². The fourth-order valence-electron chi connectivity index (χ4n) is 3.62. The summed E-state index contributed by atoms with van der Waals surface area (Å²) in [6.45, 7) is 2.52. The highest BCUT2D eigenvalue weighted by atomic mass is 16.5. The predicted molar refractivity (Wildman–Crippen MR) is 85.7 cm³/mol. The number of likely N-dealkylation sites (tertiary alicyclic amines) is 1. The Morgan fingerprint density at radius 1 is 1.23 bits per heavy atom. The maximum Gasteiger partial charge on any atom is 0.304 e. The average molecular weight is 298 g/mol. The molecule has 0 aromatic heterocycles. The summed E-state index contributed by atoms with van der Waals surface area (Å²) < 4.78 is 4.53. The van der Waals surface area contributed by atoms with Gasteiger partial charge in [0.15, 0.2) is 0 Å². The van der Waals surface area contributed by atoms with Crippen molar-refractivity contribution in [3.05, 3.63) is 29.3 Å². The Labute approximate surface area is 131 Å². The van der Waals surface area contributed by atoms with E-state index in [0.717, 1.165) is 18.5 Å². The zero-order valence-electron chi connectivity index (χ0n) is 12.8. The van der Waals surface area contributed by atoms with Gasteiger partial charge in [0, 0.05) is 6.04 Å². The van der Waals surface area contributed by atoms with Gasteiger partial charge in [-0.3, -0.25) is 0 Å². The molecule has 1 heterocycles. The van der Waals surface area contributed by atoms with Gasteiger partial charge in [-0.25, -0.2) is 0 Å². The Morgan fingerprint density at radius 3 is 2.68 bits per heavy atom. The van der Waals surface area contributed by atoms with Crippen LogP contribution in [0.5, 0.6) is 0 Å². The predicted octanol–water partition coefficient (Wildman–Crippen LogP) is 2.47. The maximum absolute atomic E-state index is 8.44. The van der Waals surface area contributed by atoms with E-state index >= 15 is 0 Å². The Bertz CT molecular complexity index is 599. The van der Waals surface area contributed by atoms with Crippen LogP contribution >= 0.6 is 0 Å². The zero-order valence-corrected chi connectivity index (χ0v) is 12.8. The smallest absolute Gasteiger partial charge is 0.304 e. The fraction of sp³-hybridized carbons (Fsp3) is 0.529. The molecule has 1 unspecified atom stereocenters. The van der Waals surface area contributed by atoms with Gasteiger partial charge in [-0.15, -0.1) is 5.26 Å². The van der Waals surface area contributed by atoms with Crippen LogP contribution in [-0.2, 0) is 17.6 Å². The second kappa shape index (κ2) is 6.80. The molecule has 2 aliphatic rings. The number of amidine groups is 1. The second-order valence-electron chi connectivity index (χ2n) is 6.07. The van der Waals surface area contributed by atoms with Crippen molar-refractivity contribution < 1.29 is 4.74 Å². The monoisotopic (exact) mass is 298 g/mol. The molecule has 0 bridgehead atoms. The normalized spacial score (nSPS) is 22.7. The first-order valence-electron chi connectivity index (χ1n) is 8.02. The Kier molecular flexibility index (Phi) is 4.59. The summed E-state index contributed by atoms with van der Waals surface area (Å²) in [7, 11) is 0. The van der Waals surface area contributed by atoms with Gasteiger partial charge in [0.2, 0.25) is 0 Å². The minimum atomic E-state index is -0.106. The van der Waals surface area contributed by atoms with E-state index in [4.69, 9.17) is 11.0 Å².